The number of aliphatic hydroxyl groups excluding tert-OH is 1. The van der Waals surface area contributed by atoms with Gasteiger partial charge < -0.3 is 10.4 Å². The number of hydrogen-bond donors (Lipinski definition) is 2. The van der Waals surface area contributed by atoms with E-state index in [2.05, 4.69) is 12.2 Å². The molecule has 0 aromatic heterocycles. The van der Waals surface area contributed by atoms with Gasteiger partial charge in [0.2, 0.25) is 0 Å². The average Bonchev–Trinajstić information content (AvgIpc) is 2.65. The fraction of sp³-hybridized carbons (Fsp3) is 1.00. The molecule has 2 unspecified atom stereocenters. The first-order valence-electron chi connectivity index (χ1n) is 7.17. The van der Waals surface area contributed by atoms with Crippen LogP contribution in [0.3, 0.4) is 0 Å². The molecule has 94 valence electrons. The summed E-state index contributed by atoms with van der Waals surface area (Å²) in [5.41, 5.74) is 0. The van der Waals surface area contributed by atoms with Crippen LogP contribution in [0.4, 0.5) is 0 Å². The molecular weight excluding hydrogens is 198 g/mol. The standard InChI is InChI=1S/C14H27NO/c1-11-4-2-5-12(10-11)8-9-15-13-6-3-7-14(13)16/h11-16H,2-10H2,1H3/t11?,12?,13-,14-/m0/s1. The van der Waals surface area contributed by atoms with E-state index in [-0.39, 0.29) is 6.10 Å². The van der Waals surface area contributed by atoms with Crippen LogP contribution in [0.2, 0.25) is 0 Å². The summed E-state index contributed by atoms with van der Waals surface area (Å²) in [6, 6.07) is 0.390. The summed E-state index contributed by atoms with van der Waals surface area (Å²) in [4.78, 5) is 0. The van der Waals surface area contributed by atoms with Gasteiger partial charge >= 0.3 is 0 Å². The molecule has 2 heteroatoms. The molecule has 2 fully saturated rings. The molecule has 2 aliphatic rings. The van der Waals surface area contributed by atoms with Gasteiger partial charge in [-0.2, -0.15) is 0 Å². The summed E-state index contributed by atoms with van der Waals surface area (Å²) in [6.07, 6.45) is 10.3. The summed E-state index contributed by atoms with van der Waals surface area (Å²) in [5, 5.41) is 13.2. The Morgan fingerprint density at radius 2 is 1.94 bits per heavy atom. The predicted molar refractivity (Wildman–Crippen MR) is 67.4 cm³/mol. The molecule has 2 aliphatic carbocycles. The lowest BCUT2D eigenvalue weighted by atomic mass is 9.81. The van der Waals surface area contributed by atoms with Crippen LogP contribution in [-0.2, 0) is 0 Å². The first-order valence-corrected chi connectivity index (χ1v) is 7.17. The Labute approximate surface area is 99.8 Å². The van der Waals surface area contributed by atoms with Crippen molar-refractivity contribution in [3.05, 3.63) is 0 Å². The van der Waals surface area contributed by atoms with E-state index in [4.69, 9.17) is 0 Å². The molecule has 2 saturated carbocycles. The highest BCUT2D eigenvalue weighted by Gasteiger charge is 2.25. The van der Waals surface area contributed by atoms with Crippen molar-refractivity contribution in [1.29, 1.82) is 0 Å². The molecule has 0 bridgehead atoms. The monoisotopic (exact) mass is 225 g/mol. The van der Waals surface area contributed by atoms with Crippen molar-refractivity contribution in [2.75, 3.05) is 6.54 Å². The van der Waals surface area contributed by atoms with Crippen LogP contribution >= 0.6 is 0 Å². The van der Waals surface area contributed by atoms with Crippen LogP contribution in [0.1, 0.15) is 58.3 Å². The molecule has 2 N–H and O–H groups in total. The topological polar surface area (TPSA) is 32.3 Å². The molecule has 0 aliphatic heterocycles. The van der Waals surface area contributed by atoms with Crippen molar-refractivity contribution < 1.29 is 5.11 Å². The molecule has 2 rings (SSSR count). The van der Waals surface area contributed by atoms with Gasteiger partial charge in [-0.25, -0.2) is 0 Å². The Kier molecular flexibility index (Phi) is 4.66. The second-order valence-corrected chi connectivity index (χ2v) is 5.99. The zero-order valence-corrected chi connectivity index (χ0v) is 10.6. The normalized spacial score (nSPS) is 40.1. The molecule has 0 saturated heterocycles. The van der Waals surface area contributed by atoms with Gasteiger partial charge in [-0.05, 0) is 50.5 Å². The maximum Gasteiger partial charge on any atom is 0.0693 e. The van der Waals surface area contributed by atoms with Gasteiger partial charge in [0, 0.05) is 6.04 Å². The maximum absolute atomic E-state index is 9.71. The second-order valence-electron chi connectivity index (χ2n) is 5.99. The van der Waals surface area contributed by atoms with Gasteiger partial charge in [0.15, 0.2) is 0 Å². The molecule has 0 amide bonds. The smallest absolute Gasteiger partial charge is 0.0693 e. The van der Waals surface area contributed by atoms with Crippen LogP contribution in [0.25, 0.3) is 0 Å². The van der Waals surface area contributed by atoms with E-state index in [1.165, 1.54) is 44.9 Å². The number of aliphatic hydroxyl groups is 1. The van der Waals surface area contributed by atoms with E-state index < -0.39 is 0 Å². The summed E-state index contributed by atoms with van der Waals surface area (Å²) < 4.78 is 0. The molecule has 0 radical (unpaired) electrons. The highest BCUT2D eigenvalue weighted by atomic mass is 16.3. The number of rotatable bonds is 4. The zero-order chi connectivity index (χ0) is 11.4. The summed E-state index contributed by atoms with van der Waals surface area (Å²) in [5.74, 6) is 1.88. The Morgan fingerprint density at radius 3 is 2.62 bits per heavy atom. The number of nitrogens with one attached hydrogen (secondary N) is 1. The van der Waals surface area contributed by atoms with Crippen LogP contribution in [0, 0.1) is 11.8 Å². The van der Waals surface area contributed by atoms with Crippen LogP contribution < -0.4 is 5.32 Å². The van der Waals surface area contributed by atoms with Gasteiger partial charge in [0.1, 0.15) is 0 Å². The summed E-state index contributed by atoms with van der Waals surface area (Å²) in [6.45, 7) is 3.50. The molecule has 0 spiro atoms. The Balaban J connectivity index is 1.60. The fourth-order valence-electron chi connectivity index (χ4n) is 3.47. The predicted octanol–water partition coefficient (Wildman–Crippen LogP) is 2.71. The molecule has 0 heterocycles. The quantitative estimate of drug-likeness (QED) is 0.771. The molecule has 16 heavy (non-hydrogen) atoms. The summed E-state index contributed by atoms with van der Waals surface area (Å²) in [7, 11) is 0. The molecule has 4 atom stereocenters. The second kappa shape index (κ2) is 6.02. The highest BCUT2D eigenvalue weighted by Crippen LogP contribution is 2.30. The Bertz CT molecular complexity index is 207. The van der Waals surface area contributed by atoms with Crippen molar-refractivity contribution in [3.8, 4) is 0 Å². The van der Waals surface area contributed by atoms with Crippen molar-refractivity contribution in [2.45, 2.75) is 70.4 Å². The lowest BCUT2D eigenvalue weighted by molar-refractivity contribution is 0.147. The average molecular weight is 225 g/mol. The van der Waals surface area contributed by atoms with Gasteiger partial charge in [-0.15, -0.1) is 0 Å². The van der Waals surface area contributed by atoms with Crippen molar-refractivity contribution >= 4 is 0 Å². The van der Waals surface area contributed by atoms with Crippen LogP contribution in [0.5, 0.6) is 0 Å². The van der Waals surface area contributed by atoms with E-state index in [1.54, 1.807) is 0 Å². The highest BCUT2D eigenvalue weighted by molar-refractivity contribution is 4.83. The van der Waals surface area contributed by atoms with Crippen LogP contribution in [0.15, 0.2) is 0 Å². The summed E-state index contributed by atoms with van der Waals surface area (Å²) >= 11 is 0. The van der Waals surface area contributed by atoms with Gasteiger partial charge in [-0.3, -0.25) is 0 Å². The zero-order valence-electron chi connectivity index (χ0n) is 10.6. The van der Waals surface area contributed by atoms with E-state index in [9.17, 15) is 5.11 Å². The molecule has 2 nitrogen and oxygen atoms in total. The lowest BCUT2D eigenvalue weighted by Gasteiger charge is -2.27. The van der Waals surface area contributed by atoms with Crippen molar-refractivity contribution in [1.82, 2.24) is 5.32 Å². The minimum atomic E-state index is -0.0784. The third-order valence-corrected chi connectivity index (χ3v) is 4.48. The Morgan fingerprint density at radius 1 is 1.12 bits per heavy atom. The fourth-order valence-corrected chi connectivity index (χ4v) is 3.47. The van der Waals surface area contributed by atoms with Crippen molar-refractivity contribution in [2.24, 2.45) is 11.8 Å². The first kappa shape index (κ1) is 12.4. The number of hydrogen-bond acceptors (Lipinski definition) is 2. The molecule has 0 aromatic carbocycles. The SMILES string of the molecule is CC1CCCC(CCN[C@H]2CCC[C@@H]2O)C1. The largest absolute Gasteiger partial charge is 0.392 e. The third-order valence-electron chi connectivity index (χ3n) is 4.48. The molecule has 0 aromatic rings. The lowest BCUT2D eigenvalue weighted by Crippen LogP contribution is -2.37. The van der Waals surface area contributed by atoms with Crippen LogP contribution in [-0.4, -0.2) is 23.8 Å². The third kappa shape index (κ3) is 3.46. The van der Waals surface area contributed by atoms with E-state index in [1.807, 2.05) is 0 Å². The minimum absolute atomic E-state index is 0.0784. The van der Waals surface area contributed by atoms with Crippen molar-refractivity contribution in [3.63, 3.8) is 0 Å². The first-order chi connectivity index (χ1) is 7.75. The van der Waals surface area contributed by atoms with Gasteiger partial charge in [0.25, 0.3) is 0 Å². The van der Waals surface area contributed by atoms with Gasteiger partial charge in [0.05, 0.1) is 6.10 Å². The van der Waals surface area contributed by atoms with E-state index in [0.29, 0.717) is 6.04 Å². The molecular formula is C14H27NO. The minimum Gasteiger partial charge on any atom is -0.392 e. The maximum atomic E-state index is 9.71. The Hall–Kier alpha value is -0.0800. The van der Waals surface area contributed by atoms with Gasteiger partial charge in [-0.1, -0.05) is 26.2 Å². The van der Waals surface area contributed by atoms with E-state index >= 15 is 0 Å². The van der Waals surface area contributed by atoms with E-state index in [0.717, 1.165) is 24.8 Å².